The van der Waals surface area contributed by atoms with Gasteiger partial charge in [-0.3, -0.25) is 4.79 Å². The van der Waals surface area contributed by atoms with Crippen LogP contribution in [0.15, 0.2) is 29.1 Å². The second kappa shape index (κ2) is 5.71. The standard InChI is InChI=1S/C20H22N2O2S/c23-14-10-16-21-18-17(19(24)22(16)25-12-14)15-7-3-2-6-13(15)11-20(18)8-4-1-5-9-20/h2-3,6-7,14,23H,1,4-5,8-12H2. The van der Waals surface area contributed by atoms with E-state index in [2.05, 4.69) is 18.2 Å². The van der Waals surface area contributed by atoms with Gasteiger partial charge in [0, 0.05) is 17.6 Å². The molecule has 2 aliphatic carbocycles. The summed E-state index contributed by atoms with van der Waals surface area (Å²) in [4.78, 5) is 18.4. The first-order chi connectivity index (χ1) is 12.2. The molecule has 1 aliphatic heterocycles. The molecule has 1 aromatic carbocycles. The van der Waals surface area contributed by atoms with E-state index in [0.29, 0.717) is 12.2 Å². The highest BCUT2D eigenvalue weighted by Crippen LogP contribution is 2.48. The predicted molar refractivity (Wildman–Crippen MR) is 100.0 cm³/mol. The zero-order valence-corrected chi connectivity index (χ0v) is 15.0. The topological polar surface area (TPSA) is 55.1 Å². The third-order valence-electron chi connectivity index (χ3n) is 6.05. The van der Waals surface area contributed by atoms with Gasteiger partial charge in [0.25, 0.3) is 5.56 Å². The van der Waals surface area contributed by atoms with E-state index in [4.69, 9.17) is 4.98 Å². The highest BCUT2D eigenvalue weighted by molar-refractivity contribution is 7.97. The van der Waals surface area contributed by atoms with Crippen LogP contribution in [-0.2, 0) is 18.3 Å². The van der Waals surface area contributed by atoms with E-state index in [1.54, 1.807) is 3.97 Å². The maximum atomic E-state index is 13.4. The van der Waals surface area contributed by atoms with Crippen LogP contribution >= 0.6 is 11.9 Å². The lowest BCUT2D eigenvalue weighted by atomic mass is 9.63. The fraction of sp³-hybridized carbons (Fsp3) is 0.500. The highest BCUT2D eigenvalue weighted by atomic mass is 32.2. The molecule has 1 spiro atoms. The second-order valence-electron chi connectivity index (χ2n) is 7.68. The van der Waals surface area contributed by atoms with E-state index in [1.165, 1.54) is 36.8 Å². The maximum Gasteiger partial charge on any atom is 0.271 e. The molecule has 0 amide bonds. The van der Waals surface area contributed by atoms with E-state index in [9.17, 15) is 9.90 Å². The summed E-state index contributed by atoms with van der Waals surface area (Å²) in [5, 5.41) is 10.0. The molecule has 5 rings (SSSR count). The summed E-state index contributed by atoms with van der Waals surface area (Å²) < 4.78 is 1.73. The SMILES string of the molecule is O=c1c2c(nc3n1SCC(O)C3)C1(CCCCC1)Cc1ccccc1-2. The average Bonchev–Trinajstić information content (AvgIpc) is 2.63. The molecule has 1 saturated carbocycles. The van der Waals surface area contributed by atoms with Crippen molar-refractivity contribution in [2.75, 3.05) is 5.75 Å². The minimum Gasteiger partial charge on any atom is -0.392 e. The molecular formula is C20H22N2O2S. The van der Waals surface area contributed by atoms with Gasteiger partial charge in [0.05, 0.1) is 17.4 Å². The zero-order chi connectivity index (χ0) is 17.0. The van der Waals surface area contributed by atoms with Gasteiger partial charge in [-0.05, 0) is 42.3 Å². The fourth-order valence-electron chi connectivity index (χ4n) is 4.88. The van der Waals surface area contributed by atoms with Crippen LogP contribution in [0.3, 0.4) is 0 Å². The Kier molecular flexibility index (Phi) is 3.57. The first-order valence-electron chi connectivity index (χ1n) is 9.24. The number of fused-ring (bicyclic) bond motifs is 5. The molecule has 3 aliphatic rings. The number of aliphatic hydroxyl groups is 1. The Balaban J connectivity index is 1.81. The van der Waals surface area contributed by atoms with Gasteiger partial charge in [0.1, 0.15) is 5.82 Å². The van der Waals surface area contributed by atoms with E-state index >= 15 is 0 Å². The molecular weight excluding hydrogens is 332 g/mol. The summed E-state index contributed by atoms with van der Waals surface area (Å²) in [5.41, 5.74) is 4.25. The quantitative estimate of drug-likeness (QED) is 0.790. The minimum atomic E-state index is -0.409. The molecule has 2 aromatic rings. The Labute approximate surface area is 151 Å². The normalized spacial score (nSPS) is 23.6. The summed E-state index contributed by atoms with van der Waals surface area (Å²) in [7, 11) is 0. The first kappa shape index (κ1) is 15.6. The Morgan fingerprint density at radius 2 is 2.00 bits per heavy atom. The maximum absolute atomic E-state index is 13.4. The molecule has 4 nitrogen and oxygen atoms in total. The van der Waals surface area contributed by atoms with Gasteiger partial charge in [-0.1, -0.05) is 43.5 Å². The fourth-order valence-corrected chi connectivity index (χ4v) is 5.79. The second-order valence-corrected chi connectivity index (χ2v) is 8.64. The molecule has 0 saturated heterocycles. The van der Waals surface area contributed by atoms with Gasteiger partial charge in [0.2, 0.25) is 0 Å². The number of hydrogen-bond acceptors (Lipinski definition) is 4. The third-order valence-corrected chi connectivity index (χ3v) is 7.22. The van der Waals surface area contributed by atoms with Crippen LogP contribution in [0.5, 0.6) is 0 Å². The lowest BCUT2D eigenvalue weighted by molar-refractivity contribution is 0.193. The molecule has 0 bridgehead atoms. The summed E-state index contributed by atoms with van der Waals surface area (Å²) in [6, 6.07) is 8.34. The Morgan fingerprint density at radius 3 is 2.84 bits per heavy atom. The van der Waals surface area contributed by atoms with Crippen LogP contribution in [-0.4, -0.2) is 25.9 Å². The number of nitrogens with zero attached hydrogens (tertiary/aromatic N) is 2. The zero-order valence-electron chi connectivity index (χ0n) is 14.2. The van der Waals surface area contributed by atoms with Crippen molar-refractivity contribution in [1.82, 2.24) is 8.96 Å². The van der Waals surface area contributed by atoms with Crippen molar-refractivity contribution in [2.45, 2.75) is 56.5 Å². The van der Waals surface area contributed by atoms with Crippen molar-refractivity contribution in [1.29, 1.82) is 0 Å². The van der Waals surface area contributed by atoms with E-state index in [-0.39, 0.29) is 11.0 Å². The first-order valence-corrected chi connectivity index (χ1v) is 10.2. The van der Waals surface area contributed by atoms with E-state index in [1.807, 2.05) is 6.07 Å². The van der Waals surface area contributed by atoms with Gasteiger partial charge in [0.15, 0.2) is 0 Å². The molecule has 1 unspecified atom stereocenters. The Hall–Kier alpha value is -1.59. The summed E-state index contributed by atoms with van der Waals surface area (Å²) in [6.45, 7) is 0. The number of rotatable bonds is 0. The summed E-state index contributed by atoms with van der Waals surface area (Å²) in [6.07, 6.45) is 6.97. The van der Waals surface area contributed by atoms with Gasteiger partial charge >= 0.3 is 0 Å². The van der Waals surface area contributed by atoms with Gasteiger partial charge in [-0.25, -0.2) is 8.96 Å². The monoisotopic (exact) mass is 354 g/mol. The van der Waals surface area contributed by atoms with Crippen molar-refractivity contribution < 1.29 is 5.11 Å². The van der Waals surface area contributed by atoms with E-state index < -0.39 is 6.10 Å². The lowest BCUT2D eigenvalue weighted by Gasteiger charge is -2.42. The number of benzene rings is 1. The number of aromatic nitrogens is 2. The Bertz CT molecular complexity index is 899. The summed E-state index contributed by atoms with van der Waals surface area (Å²) >= 11 is 1.40. The lowest BCUT2D eigenvalue weighted by Crippen LogP contribution is -2.41. The van der Waals surface area contributed by atoms with E-state index in [0.717, 1.165) is 41.9 Å². The van der Waals surface area contributed by atoms with Gasteiger partial charge in [-0.2, -0.15) is 0 Å². The van der Waals surface area contributed by atoms with Gasteiger partial charge in [-0.15, -0.1) is 0 Å². The predicted octanol–water partition coefficient (Wildman–Crippen LogP) is 3.08. The van der Waals surface area contributed by atoms with Gasteiger partial charge < -0.3 is 5.11 Å². The molecule has 2 heterocycles. The minimum absolute atomic E-state index is 0.00372. The third kappa shape index (κ3) is 2.32. The van der Waals surface area contributed by atoms with Crippen LogP contribution in [0.1, 0.15) is 49.2 Å². The number of hydrogen-bond donors (Lipinski definition) is 1. The van der Waals surface area contributed by atoms with Crippen LogP contribution in [0, 0.1) is 0 Å². The smallest absolute Gasteiger partial charge is 0.271 e. The molecule has 5 heteroatoms. The molecule has 1 aromatic heterocycles. The molecule has 1 N–H and O–H groups in total. The molecule has 130 valence electrons. The molecule has 0 radical (unpaired) electrons. The van der Waals surface area contributed by atoms with Crippen LogP contribution in [0.4, 0.5) is 0 Å². The van der Waals surface area contributed by atoms with Crippen LogP contribution in [0.2, 0.25) is 0 Å². The number of aliphatic hydroxyl groups excluding tert-OH is 1. The average molecular weight is 354 g/mol. The molecule has 25 heavy (non-hydrogen) atoms. The molecule has 1 fully saturated rings. The van der Waals surface area contributed by atoms with Crippen molar-refractivity contribution in [3.63, 3.8) is 0 Å². The summed E-state index contributed by atoms with van der Waals surface area (Å²) in [5.74, 6) is 1.30. The van der Waals surface area contributed by atoms with Crippen molar-refractivity contribution in [2.24, 2.45) is 0 Å². The Morgan fingerprint density at radius 1 is 1.20 bits per heavy atom. The van der Waals surface area contributed by atoms with Crippen LogP contribution < -0.4 is 5.56 Å². The van der Waals surface area contributed by atoms with Crippen molar-refractivity contribution in [3.05, 3.63) is 51.7 Å². The van der Waals surface area contributed by atoms with Crippen molar-refractivity contribution in [3.8, 4) is 11.1 Å². The van der Waals surface area contributed by atoms with Crippen molar-refractivity contribution >= 4 is 11.9 Å². The highest BCUT2D eigenvalue weighted by Gasteiger charge is 2.43. The molecule has 1 atom stereocenters. The van der Waals surface area contributed by atoms with Crippen LogP contribution in [0.25, 0.3) is 11.1 Å². The largest absolute Gasteiger partial charge is 0.392 e.